The predicted molar refractivity (Wildman–Crippen MR) is 99.3 cm³/mol. The maximum absolute atomic E-state index is 13.0. The van der Waals surface area contributed by atoms with E-state index in [1.54, 1.807) is 0 Å². The molecular weight excluding hydrogens is 340 g/mol. The minimum Gasteiger partial charge on any atom is -0.449 e. The van der Waals surface area contributed by atoms with Gasteiger partial charge in [0, 0.05) is 36.4 Å². The van der Waals surface area contributed by atoms with Crippen LogP contribution in [-0.4, -0.2) is 42.1 Å². The molecule has 1 aromatic carbocycles. The van der Waals surface area contributed by atoms with E-state index in [1.807, 2.05) is 0 Å². The van der Waals surface area contributed by atoms with E-state index in [2.05, 4.69) is 34.5 Å². The van der Waals surface area contributed by atoms with Crippen LogP contribution in [0.1, 0.15) is 55.6 Å². The number of hydrogen-bond acceptors (Lipinski definition) is 3. The molecule has 0 bridgehead atoms. The number of fused-ring (bicyclic) bond motifs is 1. The first-order valence-corrected chi connectivity index (χ1v) is 10.4. The van der Waals surface area contributed by atoms with Crippen LogP contribution in [0.4, 0.5) is 4.79 Å². The van der Waals surface area contributed by atoms with Gasteiger partial charge in [0.05, 0.1) is 6.61 Å². The largest absolute Gasteiger partial charge is 0.449 e. The van der Waals surface area contributed by atoms with Gasteiger partial charge in [-0.2, -0.15) is 0 Å². The van der Waals surface area contributed by atoms with E-state index in [0.29, 0.717) is 18.4 Å². The summed E-state index contributed by atoms with van der Waals surface area (Å²) in [6, 6.07) is 9.26. The summed E-state index contributed by atoms with van der Waals surface area (Å²) in [5, 5.41) is 2.94. The molecule has 3 saturated carbocycles. The number of amides is 2. The first-order valence-electron chi connectivity index (χ1n) is 10.4. The smallest absolute Gasteiger partial charge is 0.407 e. The number of ether oxygens (including phenoxy) is 1. The van der Waals surface area contributed by atoms with Crippen molar-refractivity contribution in [1.82, 2.24) is 10.2 Å². The first kappa shape index (κ1) is 16.0. The van der Waals surface area contributed by atoms with Gasteiger partial charge in [0.1, 0.15) is 0 Å². The van der Waals surface area contributed by atoms with Gasteiger partial charge in [0.25, 0.3) is 0 Å². The molecule has 1 N–H and O–H groups in total. The second-order valence-electron chi connectivity index (χ2n) is 9.57. The Bertz CT molecular complexity index is 809. The molecule has 1 aromatic rings. The lowest BCUT2D eigenvalue weighted by Gasteiger charge is -2.49. The highest BCUT2D eigenvalue weighted by atomic mass is 16.6. The minimum absolute atomic E-state index is 0.0650. The Morgan fingerprint density at radius 1 is 1.15 bits per heavy atom. The van der Waals surface area contributed by atoms with Gasteiger partial charge in [-0.05, 0) is 55.1 Å². The van der Waals surface area contributed by atoms with Crippen LogP contribution in [0.3, 0.4) is 0 Å². The summed E-state index contributed by atoms with van der Waals surface area (Å²) in [4.78, 5) is 26.6. The van der Waals surface area contributed by atoms with Crippen molar-refractivity contribution in [2.24, 2.45) is 11.8 Å². The van der Waals surface area contributed by atoms with Crippen molar-refractivity contribution in [3.05, 3.63) is 35.4 Å². The molecule has 142 valence electrons. The quantitative estimate of drug-likeness (QED) is 0.895. The fraction of sp³-hybridized carbons (Fsp3) is 0.636. The first-order chi connectivity index (χ1) is 13.1. The number of benzene rings is 1. The Hall–Kier alpha value is -2.04. The van der Waals surface area contributed by atoms with E-state index < -0.39 is 0 Å². The molecule has 6 rings (SSSR count). The van der Waals surface area contributed by atoms with Crippen molar-refractivity contribution in [3.8, 4) is 0 Å². The zero-order chi connectivity index (χ0) is 18.2. The molecule has 2 saturated heterocycles. The molecule has 0 radical (unpaired) electrons. The highest BCUT2D eigenvalue weighted by molar-refractivity contribution is 5.82. The van der Waals surface area contributed by atoms with Crippen LogP contribution in [0.15, 0.2) is 24.3 Å². The van der Waals surface area contributed by atoms with Crippen LogP contribution < -0.4 is 5.32 Å². The van der Waals surface area contributed by atoms with E-state index in [4.69, 9.17) is 4.74 Å². The number of hydrogen-bond donors (Lipinski definition) is 1. The van der Waals surface area contributed by atoms with Gasteiger partial charge in [0.15, 0.2) is 0 Å². The van der Waals surface area contributed by atoms with E-state index in [0.717, 1.165) is 38.3 Å². The number of alkyl carbamates (subject to hydrolysis) is 1. The second kappa shape index (κ2) is 5.27. The third-order valence-corrected chi connectivity index (χ3v) is 7.80. The van der Waals surface area contributed by atoms with Gasteiger partial charge in [-0.15, -0.1) is 0 Å². The zero-order valence-electron chi connectivity index (χ0n) is 15.6. The molecule has 2 aliphatic heterocycles. The van der Waals surface area contributed by atoms with Crippen LogP contribution in [0.25, 0.3) is 0 Å². The number of nitrogens with zero attached hydrogens (tertiary/aromatic N) is 1. The lowest BCUT2D eigenvalue weighted by atomic mass is 9.65. The number of nitrogens with one attached hydrogen (secondary N) is 1. The fourth-order valence-corrected chi connectivity index (χ4v) is 5.88. The molecule has 1 spiro atoms. The normalized spacial score (nSPS) is 39.4. The van der Waals surface area contributed by atoms with Crippen LogP contribution >= 0.6 is 0 Å². The van der Waals surface area contributed by atoms with Crippen molar-refractivity contribution in [2.45, 2.75) is 55.4 Å². The Kier molecular flexibility index (Phi) is 3.12. The monoisotopic (exact) mass is 366 g/mol. The Balaban J connectivity index is 1.11. The summed E-state index contributed by atoms with van der Waals surface area (Å²) >= 11 is 0. The number of piperidine rings is 1. The summed E-state index contributed by atoms with van der Waals surface area (Å²) in [5.41, 5.74) is 2.94. The third kappa shape index (κ3) is 2.43. The van der Waals surface area contributed by atoms with Gasteiger partial charge in [-0.1, -0.05) is 24.3 Å². The maximum atomic E-state index is 13.0. The van der Waals surface area contributed by atoms with Crippen LogP contribution in [0.5, 0.6) is 0 Å². The maximum Gasteiger partial charge on any atom is 0.407 e. The molecule has 2 amide bonds. The third-order valence-electron chi connectivity index (χ3n) is 7.80. The summed E-state index contributed by atoms with van der Waals surface area (Å²) in [5.74, 6) is 1.78. The Morgan fingerprint density at radius 3 is 2.63 bits per heavy atom. The average molecular weight is 366 g/mol. The summed E-state index contributed by atoms with van der Waals surface area (Å²) < 4.78 is 4.97. The topological polar surface area (TPSA) is 58.6 Å². The van der Waals surface area contributed by atoms with Crippen molar-refractivity contribution >= 4 is 12.0 Å². The summed E-state index contributed by atoms with van der Waals surface area (Å²) in [7, 11) is 0. The number of carbonyl (C=O) groups is 2. The van der Waals surface area contributed by atoms with Crippen LogP contribution in [0, 0.1) is 11.8 Å². The summed E-state index contributed by atoms with van der Waals surface area (Å²) in [6.45, 7) is 2.25. The van der Waals surface area contributed by atoms with Gasteiger partial charge < -0.3 is 15.0 Å². The SMILES string of the molecule is O=C1N[C@]2(CCO1)C[C@H](C(=O)N1CC3CC3(c3ccc(C4CC4)cc3)C1)C2. The van der Waals surface area contributed by atoms with Gasteiger partial charge in [0.2, 0.25) is 5.91 Å². The van der Waals surface area contributed by atoms with E-state index >= 15 is 0 Å². The van der Waals surface area contributed by atoms with E-state index in [-0.39, 0.29) is 23.0 Å². The lowest BCUT2D eigenvalue weighted by Crippen LogP contribution is -2.63. The Labute approximate surface area is 159 Å². The highest BCUT2D eigenvalue weighted by Gasteiger charge is 2.62. The van der Waals surface area contributed by atoms with Crippen molar-refractivity contribution in [2.75, 3.05) is 19.7 Å². The number of cyclic esters (lactones) is 1. The minimum atomic E-state index is -0.330. The molecule has 5 nitrogen and oxygen atoms in total. The molecule has 3 aliphatic carbocycles. The molecular formula is C22H26N2O3. The number of rotatable bonds is 3. The zero-order valence-corrected chi connectivity index (χ0v) is 15.6. The lowest BCUT2D eigenvalue weighted by molar-refractivity contribution is -0.141. The van der Waals surface area contributed by atoms with Gasteiger partial charge in [-0.25, -0.2) is 4.79 Å². The summed E-state index contributed by atoms with van der Waals surface area (Å²) in [6.07, 6.45) is 5.93. The predicted octanol–water partition coefficient (Wildman–Crippen LogP) is 2.94. The molecule has 0 aromatic heterocycles. The van der Waals surface area contributed by atoms with Crippen molar-refractivity contribution in [1.29, 1.82) is 0 Å². The highest BCUT2D eigenvalue weighted by Crippen LogP contribution is 2.60. The molecule has 5 fully saturated rings. The average Bonchev–Trinajstić information content (AvgIpc) is 3.57. The molecule has 5 aliphatic rings. The molecule has 2 heterocycles. The van der Waals surface area contributed by atoms with Crippen LogP contribution in [0.2, 0.25) is 0 Å². The second-order valence-corrected chi connectivity index (χ2v) is 9.57. The van der Waals surface area contributed by atoms with Crippen molar-refractivity contribution < 1.29 is 14.3 Å². The molecule has 5 heteroatoms. The van der Waals surface area contributed by atoms with E-state index in [1.165, 1.54) is 30.4 Å². The van der Waals surface area contributed by atoms with Crippen LogP contribution in [-0.2, 0) is 14.9 Å². The van der Waals surface area contributed by atoms with Crippen molar-refractivity contribution in [3.63, 3.8) is 0 Å². The Morgan fingerprint density at radius 2 is 1.93 bits per heavy atom. The van der Waals surface area contributed by atoms with Gasteiger partial charge in [-0.3, -0.25) is 4.79 Å². The fourth-order valence-electron chi connectivity index (χ4n) is 5.88. The number of likely N-dealkylation sites (tertiary alicyclic amines) is 1. The van der Waals surface area contributed by atoms with Gasteiger partial charge >= 0.3 is 6.09 Å². The van der Waals surface area contributed by atoms with E-state index in [9.17, 15) is 9.59 Å². The molecule has 2 unspecified atom stereocenters. The standard InChI is InChI=1S/C22H26N2O3/c25-19(16-9-21(10-16)7-8-27-20(26)23-21)24-12-18-11-22(18,13-24)17-5-3-15(4-6-17)14-1-2-14/h3-6,14,16,18H,1-2,7-13H2,(H,23,26)/t16-,18?,21+,22?. The number of carbonyl (C=O) groups excluding carboxylic acids is 2. The molecule has 2 atom stereocenters. The molecule has 27 heavy (non-hydrogen) atoms.